The van der Waals surface area contributed by atoms with Crippen molar-refractivity contribution < 1.29 is 13.2 Å². The maximum atomic E-state index is 11.9. The molecule has 1 amide bonds. The van der Waals surface area contributed by atoms with Crippen molar-refractivity contribution in [2.24, 2.45) is 5.14 Å². The molecule has 0 aliphatic heterocycles. The van der Waals surface area contributed by atoms with Crippen LogP contribution in [-0.4, -0.2) is 20.1 Å². The lowest BCUT2D eigenvalue weighted by Gasteiger charge is -2.06. The van der Waals surface area contributed by atoms with Crippen LogP contribution in [0.25, 0.3) is 0 Å². The fourth-order valence-corrected chi connectivity index (χ4v) is 3.13. The normalized spacial score (nSPS) is 11.1. The Labute approximate surface area is 134 Å². The van der Waals surface area contributed by atoms with Crippen LogP contribution in [0.5, 0.6) is 0 Å². The number of primary sulfonamides is 1. The van der Waals surface area contributed by atoms with Crippen molar-refractivity contribution in [1.82, 2.24) is 0 Å². The van der Waals surface area contributed by atoms with Crippen LogP contribution in [0.15, 0.2) is 59.5 Å². The number of carbonyl (C=O) groups is 1. The van der Waals surface area contributed by atoms with Crippen LogP contribution in [0.2, 0.25) is 0 Å². The molecule has 116 valence electrons. The minimum atomic E-state index is -3.77. The summed E-state index contributed by atoms with van der Waals surface area (Å²) in [7, 11) is -3.77. The van der Waals surface area contributed by atoms with E-state index in [0.29, 0.717) is 5.69 Å². The highest BCUT2D eigenvalue weighted by Gasteiger charge is 2.09. The SMILES string of the molecule is NS(=O)(=O)c1cccc(NC(=O)CSCc2ccccc2)c1. The lowest BCUT2D eigenvalue weighted by Crippen LogP contribution is -2.16. The summed E-state index contributed by atoms with van der Waals surface area (Å²) in [5.41, 5.74) is 1.56. The van der Waals surface area contributed by atoms with Gasteiger partial charge in [-0.05, 0) is 23.8 Å². The number of nitrogens with one attached hydrogen (secondary N) is 1. The van der Waals surface area contributed by atoms with Gasteiger partial charge >= 0.3 is 0 Å². The minimum Gasteiger partial charge on any atom is -0.325 e. The van der Waals surface area contributed by atoms with Crippen LogP contribution >= 0.6 is 11.8 Å². The molecule has 2 aromatic rings. The van der Waals surface area contributed by atoms with Crippen molar-refractivity contribution in [1.29, 1.82) is 0 Å². The second-order valence-electron chi connectivity index (χ2n) is 4.60. The summed E-state index contributed by atoms with van der Waals surface area (Å²) < 4.78 is 22.5. The van der Waals surface area contributed by atoms with Crippen molar-refractivity contribution in [2.75, 3.05) is 11.1 Å². The van der Waals surface area contributed by atoms with Crippen molar-refractivity contribution in [3.8, 4) is 0 Å². The zero-order chi connectivity index (χ0) is 16.0. The largest absolute Gasteiger partial charge is 0.325 e. The molecular formula is C15H16N2O3S2. The van der Waals surface area contributed by atoms with Gasteiger partial charge < -0.3 is 5.32 Å². The van der Waals surface area contributed by atoms with Gasteiger partial charge in [-0.2, -0.15) is 0 Å². The Morgan fingerprint density at radius 3 is 2.50 bits per heavy atom. The second kappa shape index (κ2) is 7.44. The Morgan fingerprint density at radius 2 is 1.82 bits per heavy atom. The molecule has 0 spiro atoms. The number of hydrogen-bond donors (Lipinski definition) is 2. The summed E-state index contributed by atoms with van der Waals surface area (Å²) in [5, 5.41) is 7.72. The van der Waals surface area contributed by atoms with E-state index in [4.69, 9.17) is 5.14 Å². The van der Waals surface area contributed by atoms with Gasteiger partial charge in [-0.1, -0.05) is 36.4 Å². The van der Waals surface area contributed by atoms with E-state index in [1.54, 1.807) is 6.07 Å². The molecule has 0 aliphatic carbocycles. The second-order valence-corrected chi connectivity index (χ2v) is 7.15. The first-order valence-corrected chi connectivity index (χ1v) is 9.19. The van der Waals surface area contributed by atoms with E-state index in [0.717, 1.165) is 11.3 Å². The average Bonchev–Trinajstić information content (AvgIpc) is 2.48. The number of hydrogen-bond acceptors (Lipinski definition) is 4. The Bertz CT molecular complexity index is 746. The van der Waals surface area contributed by atoms with Gasteiger partial charge in [0.2, 0.25) is 15.9 Å². The molecule has 2 rings (SSSR count). The number of nitrogens with two attached hydrogens (primary N) is 1. The maximum absolute atomic E-state index is 11.9. The molecule has 2 aromatic carbocycles. The van der Waals surface area contributed by atoms with E-state index >= 15 is 0 Å². The Balaban J connectivity index is 1.87. The number of rotatable bonds is 6. The first-order valence-electron chi connectivity index (χ1n) is 6.49. The molecule has 0 fully saturated rings. The highest BCUT2D eigenvalue weighted by molar-refractivity contribution is 7.99. The van der Waals surface area contributed by atoms with Crippen molar-refractivity contribution in [3.63, 3.8) is 0 Å². The molecular weight excluding hydrogens is 320 g/mol. The number of benzene rings is 2. The summed E-state index contributed by atoms with van der Waals surface area (Å²) in [6, 6.07) is 15.7. The molecule has 0 aromatic heterocycles. The molecule has 0 aliphatic rings. The zero-order valence-electron chi connectivity index (χ0n) is 11.7. The fourth-order valence-electron chi connectivity index (χ4n) is 1.78. The number of anilines is 1. The standard InChI is InChI=1S/C15H16N2O3S2/c16-22(19,20)14-8-4-7-13(9-14)17-15(18)11-21-10-12-5-2-1-3-6-12/h1-9H,10-11H2,(H,17,18)(H2,16,19,20). The molecule has 0 atom stereocenters. The van der Waals surface area contributed by atoms with Crippen LogP contribution in [0, 0.1) is 0 Å². The minimum absolute atomic E-state index is 0.0257. The molecule has 0 unspecified atom stereocenters. The van der Waals surface area contributed by atoms with Gasteiger partial charge in [0.15, 0.2) is 0 Å². The van der Waals surface area contributed by atoms with E-state index in [9.17, 15) is 13.2 Å². The first-order chi connectivity index (χ1) is 10.4. The average molecular weight is 336 g/mol. The van der Waals surface area contributed by atoms with E-state index in [2.05, 4.69) is 5.32 Å². The van der Waals surface area contributed by atoms with E-state index in [1.165, 1.54) is 30.0 Å². The Morgan fingerprint density at radius 1 is 1.09 bits per heavy atom. The van der Waals surface area contributed by atoms with Gasteiger partial charge in [0, 0.05) is 11.4 Å². The zero-order valence-corrected chi connectivity index (χ0v) is 13.4. The number of sulfonamides is 1. The Kier molecular flexibility index (Phi) is 5.59. The predicted octanol–water partition coefficient (Wildman–Crippen LogP) is 2.21. The molecule has 0 saturated carbocycles. The quantitative estimate of drug-likeness (QED) is 0.846. The molecule has 7 heteroatoms. The van der Waals surface area contributed by atoms with E-state index in [1.807, 2.05) is 30.3 Å². The van der Waals surface area contributed by atoms with Crippen LogP contribution in [0.1, 0.15) is 5.56 Å². The summed E-state index contributed by atoms with van der Waals surface area (Å²) in [4.78, 5) is 11.8. The summed E-state index contributed by atoms with van der Waals surface area (Å²) in [5.74, 6) is 0.840. The number of amides is 1. The van der Waals surface area contributed by atoms with E-state index in [-0.39, 0.29) is 16.6 Å². The third-order valence-electron chi connectivity index (χ3n) is 2.79. The van der Waals surface area contributed by atoms with Gasteiger partial charge in [0.1, 0.15) is 0 Å². The van der Waals surface area contributed by atoms with Gasteiger partial charge in [0.25, 0.3) is 0 Å². The summed E-state index contributed by atoms with van der Waals surface area (Å²) >= 11 is 1.49. The molecule has 0 bridgehead atoms. The van der Waals surface area contributed by atoms with E-state index < -0.39 is 10.0 Å². The summed E-state index contributed by atoms with van der Waals surface area (Å²) in [6.07, 6.45) is 0. The van der Waals surface area contributed by atoms with Crippen molar-refractivity contribution >= 4 is 33.4 Å². The van der Waals surface area contributed by atoms with Crippen molar-refractivity contribution in [2.45, 2.75) is 10.6 Å². The third-order valence-corrected chi connectivity index (χ3v) is 4.71. The predicted molar refractivity (Wildman–Crippen MR) is 89.0 cm³/mol. The molecule has 22 heavy (non-hydrogen) atoms. The van der Waals surface area contributed by atoms with Gasteiger partial charge in [-0.15, -0.1) is 11.8 Å². The van der Waals surface area contributed by atoms with Gasteiger partial charge in [-0.25, -0.2) is 13.6 Å². The van der Waals surface area contributed by atoms with Gasteiger partial charge in [-0.3, -0.25) is 4.79 Å². The topological polar surface area (TPSA) is 89.3 Å². The fraction of sp³-hybridized carbons (Fsp3) is 0.133. The maximum Gasteiger partial charge on any atom is 0.238 e. The van der Waals surface area contributed by atoms with Crippen LogP contribution in [0.3, 0.4) is 0 Å². The molecule has 0 heterocycles. The lowest BCUT2D eigenvalue weighted by molar-refractivity contribution is -0.113. The third kappa shape index (κ3) is 5.18. The summed E-state index contributed by atoms with van der Waals surface area (Å²) in [6.45, 7) is 0. The van der Waals surface area contributed by atoms with Gasteiger partial charge in [0.05, 0.1) is 10.6 Å². The molecule has 3 N–H and O–H groups in total. The Hall–Kier alpha value is -1.83. The van der Waals surface area contributed by atoms with Crippen LogP contribution in [0.4, 0.5) is 5.69 Å². The smallest absolute Gasteiger partial charge is 0.238 e. The molecule has 0 saturated heterocycles. The highest BCUT2D eigenvalue weighted by Crippen LogP contribution is 2.16. The highest BCUT2D eigenvalue weighted by atomic mass is 32.2. The van der Waals surface area contributed by atoms with Crippen molar-refractivity contribution in [3.05, 3.63) is 60.2 Å². The monoisotopic (exact) mass is 336 g/mol. The number of thioether (sulfide) groups is 1. The molecule has 5 nitrogen and oxygen atoms in total. The first kappa shape index (κ1) is 16.5. The number of carbonyl (C=O) groups excluding carboxylic acids is 1. The van der Waals surface area contributed by atoms with Crippen LogP contribution < -0.4 is 10.5 Å². The lowest BCUT2D eigenvalue weighted by atomic mass is 10.2. The van der Waals surface area contributed by atoms with Crippen LogP contribution in [-0.2, 0) is 20.6 Å². The molecule has 0 radical (unpaired) electrons.